The van der Waals surface area contributed by atoms with E-state index in [1.165, 1.54) is 6.42 Å². The lowest BCUT2D eigenvalue weighted by Gasteiger charge is -2.32. The van der Waals surface area contributed by atoms with Crippen LogP contribution < -0.4 is 0 Å². The van der Waals surface area contributed by atoms with Gasteiger partial charge in [0.1, 0.15) is 0 Å². The summed E-state index contributed by atoms with van der Waals surface area (Å²) in [6.07, 6.45) is 7.06. The second-order valence-corrected chi connectivity index (χ2v) is 5.42. The fourth-order valence-corrected chi connectivity index (χ4v) is 2.71. The Balaban J connectivity index is 2.11. The van der Waals surface area contributed by atoms with Crippen LogP contribution in [0, 0.1) is 13.8 Å². The van der Waals surface area contributed by atoms with Gasteiger partial charge in [0.25, 0.3) is 0 Å². The normalized spacial score (nSPS) is 20.2. The van der Waals surface area contributed by atoms with Gasteiger partial charge in [0, 0.05) is 37.0 Å². The first-order valence-electron chi connectivity index (χ1n) is 6.99. The van der Waals surface area contributed by atoms with E-state index in [0.29, 0.717) is 6.04 Å². The zero-order chi connectivity index (χ0) is 14.0. The van der Waals surface area contributed by atoms with Crippen LogP contribution >= 0.6 is 0 Å². The Bertz CT molecular complexity index is 502. The van der Waals surface area contributed by atoms with Crippen LogP contribution in [0.15, 0.2) is 6.08 Å². The lowest BCUT2D eigenvalue weighted by molar-refractivity contribution is -0.129. The Morgan fingerprint density at radius 2 is 2.11 bits per heavy atom. The summed E-state index contributed by atoms with van der Waals surface area (Å²) in [4.78, 5) is 14.2. The number of amides is 1. The van der Waals surface area contributed by atoms with Gasteiger partial charge < -0.3 is 4.90 Å². The lowest BCUT2D eigenvalue weighted by atomic mass is 10.0. The van der Waals surface area contributed by atoms with Crippen molar-refractivity contribution < 1.29 is 4.79 Å². The van der Waals surface area contributed by atoms with Crippen molar-refractivity contribution in [1.82, 2.24) is 14.7 Å². The summed E-state index contributed by atoms with van der Waals surface area (Å²) < 4.78 is 1.85. The van der Waals surface area contributed by atoms with Crippen LogP contribution in [0.4, 0.5) is 0 Å². The van der Waals surface area contributed by atoms with E-state index in [9.17, 15) is 4.79 Å². The highest BCUT2D eigenvalue weighted by atomic mass is 16.2. The topological polar surface area (TPSA) is 38.1 Å². The number of aromatic nitrogens is 2. The number of carbonyl (C=O) groups excluding carboxylic acids is 1. The lowest BCUT2D eigenvalue weighted by Crippen LogP contribution is -2.41. The Morgan fingerprint density at radius 3 is 2.68 bits per heavy atom. The smallest absolute Gasteiger partial charge is 0.246 e. The minimum absolute atomic E-state index is 0.120. The van der Waals surface area contributed by atoms with Gasteiger partial charge in [0.2, 0.25) is 5.91 Å². The second kappa shape index (κ2) is 5.59. The highest BCUT2D eigenvalue weighted by Gasteiger charge is 2.21. The Hall–Kier alpha value is -1.58. The number of hydrogen-bond acceptors (Lipinski definition) is 2. The summed E-state index contributed by atoms with van der Waals surface area (Å²) >= 11 is 0. The minimum Gasteiger partial charge on any atom is -0.336 e. The summed E-state index contributed by atoms with van der Waals surface area (Å²) in [6, 6.07) is 0.363. The van der Waals surface area contributed by atoms with Gasteiger partial charge in [-0.25, -0.2) is 0 Å². The number of carbonyl (C=O) groups is 1. The predicted octanol–water partition coefficient (Wildman–Crippen LogP) is 2.45. The van der Waals surface area contributed by atoms with Crippen LogP contribution in [0.25, 0.3) is 6.08 Å². The van der Waals surface area contributed by atoms with Gasteiger partial charge in [0.15, 0.2) is 0 Å². The average molecular weight is 261 g/mol. The van der Waals surface area contributed by atoms with E-state index in [-0.39, 0.29) is 5.91 Å². The van der Waals surface area contributed by atoms with Gasteiger partial charge >= 0.3 is 0 Å². The second-order valence-electron chi connectivity index (χ2n) is 5.42. The SMILES string of the molecule is Cc1nn(C)c(C)c1C=CC(=O)N1CCCCC1C. The van der Waals surface area contributed by atoms with Gasteiger partial charge in [-0.05, 0) is 46.1 Å². The van der Waals surface area contributed by atoms with Crippen molar-refractivity contribution in [3.05, 3.63) is 23.0 Å². The maximum atomic E-state index is 12.2. The van der Waals surface area contributed by atoms with Crippen molar-refractivity contribution in [3.8, 4) is 0 Å². The molecule has 0 aliphatic carbocycles. The standard InChI is InChI=1S/C15H23N3O/c1-11-7-5-6-10-18(11)15(19)9-8-14-12(2)16-17(4)13(14)3/h8-9,11H,5-7,10H2,1-4H3. The van der Waals surface area contributed by atoms with Gasteiger partial charge in [-0.3, -0.25) is 9.48 Å². The summed E-state index contributed by atoms with van der Waals surface area (Å²) in [7, 11) is 1.92. The monoisotopic (exact) mass is 261 g/mol. The van der Waals surface area contributed by atoms with E-state index in [1.807, 2.05) is 36.6 Å². The van der Waals surface area contributed by atoms with Gasteiger partial charge in [0.05, 0.1) is 5.69 Å². The Labute approximate surface area is 115 Å². The molecule has 0 N–H and O–H groups in total. The van der Waals surface area contributed by atoms with E-state index < -0.39 is 0 Å². The van der Waals surface area contributed by atoms with E-state index in [2.05, 4.69) is 12.0 Å². The quantitative estimate of drug-likeness (QED) is 0.767. The minimum atomic E-state index is 0.120. The highest BCUT2D eigenvalue weighted by Crippen LogP contribution is 2.18. The predicted molar refractivity (Wildman–Crippen MR) is 76.7 cm³/mol. The zero-order valence-electron chi connectivity index (χ0n) is 12.3. The Kier molecular flexibility index (Phi) is 4.08. The summed E-state index contributed by atoms with van der Waals surface area (Å²) in [6.45, 7) is 7.01. The van der Waals surface area contributed by atoms with E-state index in [4.69, 9.17) is 0 Å². The molecule has 2 rings (SSSR count). The van der Waals surface area contributed by atoms with Gasteiger partial charge in [-0.2, -0.15) is 5.10 Å². The molecule has 1 aromatic rings. The molecule has 1 unspecified atom stereocenters. The molecule has 4 nitrogen and oxygen atoms in total. The molecule has 104 valence electrons. The maximum Gasteiger partial charge on any atom is 0.246 e. The van der Waals surface area contributed by atoms with E-state index in [0.717, 1.165) is 36.3 Å². The van der Waals surface area contributed by atoms with Crippen molar-refractivity contribution in [2.45, 2.75) is 46.1 Å². The van der Waals surface area contributed by atoms with Crippen LogP contribution in [-0.4, -0.2) is 33.2 Å². The molecule has 4 heteroatoms. The first-order valence-corrected chi connectivity index (χ1v) is 6.99. The molecular weight excluding hydrogens is 238 g/mol. The first-order chi connectivity index (χ1) is 9.00. The van der Waals surface area contributed by atoms with Crippen LogP contribution in [0.1, 0.15) is 43.1 Å². The molecule has 1 amide bonds. The molecule has 19 heavy (non-hydrogen) atoms. The first kappa shape index (κ1) is 13.8. The van der Waals surface area contributed by atoms with E-state index >= 15 is 0 Å². The molecule has 1 aliphatic rings. The number of nitrogens with zero attached hydrogens (tertiary/aromatic N) is 3. The molecule has 1 atom stereocenters. The van der Waals surface area contributed by atoms with E-state index in [1.54, 1.807) is 6.08 Å². The van der Waals surface area contributed by atoms with Crippen LogP contribution in [-0.2, 0) is 11.8 Å². The fourth-order valence-electron chi connectivity index (χ4n) is 2.71. The molecule has 1 fully saturated rings. The largest absolute Gasteiger partial charge is 0.336 e. The summed E-state index contributed by atoms with van der Waals surface area (Å²) in [5.41, 5.74) is 3.12. The molecule has 2 heterocycles. The summed E-state index contributed by atoms with van der Waals surface area (Å²) in [5, 5.41) is 4.36. The van der Waals surface area contributed by atoms with Gasteiger partial charge in [-0.15, -0.1) is 0 Å². The number of hydrogen-bond donors (Lipinski definition) is 0. The number of aryl methyl sites for hydroxylation is 2. The molecule has 1 aromatic heterocycles. The molecule has 0 aromatic carbocycles. The maximum absolute atomic E-state index is 12.2. The third-order valence-corrected chi connectivity index (χ3v) is 4.04. The van der Waals surface area contributed by atoms with Crippen LogP contribution in [0.3, 0.4) is 0 Å². The van der Waals surface area contributed by atoms with Crippen molar-refractivity contribution in [2.24, 2.45) is 7.05 Å². The third kappa shape index (κ3) is 2.88. The Morgan fingerprint density at radius 1 is 1.37 bits per heavy atom. The molecule has 0 saturated carbocycles. The van der Waals surface area contributed by atoms with Crippen molar-refractivity contribution in [3.63, 3.8) is 0 Å². The number of rotatable bonds is 2. The van der Waals surface area contributed by atoms with Crippen molar-refractivity contribution >= 4 is 12.0 Å². The molecule has 0 radical (unpaired) electrons. The number of likely N-dealkylation sites (tertiary alicyclic amines) is 1. The van der Waals surface area contributed by atoms with Crippen LogP contribution in [0.2, 0.25) is 0 Å². The molecular formula is C15H23N3O. The zero-order valence-corrected chi connectivity index (χ0v) is 12.3. The third-order valence-electron chi connectivity index (χ3n) is 4.04. The average Bonchev–Trinajstić information content (AvgIpc) is 2.61. The highest BCUT2D eigenvalue weighted by molar-refractivity contribution is 5.92. The number of piperidine rings is 1. The fraction of sp³-hybridized carbons (Fsp3) is 0.600. The van der Waals surface area contributed by atoms with Crippen molar-refractivity contribution in [2.75, 3.05) is 6.54 Å². The summed E-state index contributed by atoms with van der Waals surface area (Å²) in [5.74, 6) is 0.120. The molecule has 0 bridgehead atoms. The van der Waals surface area contributed by atoms with Crippen molar-refractivity contribution in [1.29, 1.82) is 0 Å². The molecule has 1 aliphatic heterocycles. The van der Waals surface area contributed by atoms with Gasteiger partial charge in [-0.1, -0.05) is 0 Å². The molecule has 1 saturated heterocycles. The molecule has 0 spiro atoms. The van der Waals surface area contributed by atoms with Crippen LogP contribution in [0.5, 0.6) is 0 Å².